The van der Waals surface area contributed by atoms with Crippen LogP contribution in [0.1, 0.15) is 37.8 Å². The molecule has 22 heavy (non-hydrogen) atoms. The van der Waals surface area contributed by atoms with Crippen molar-refractivity contribution in [2.24, 2.45) is 4.99 Å². The van der Waals surface area contributed by atoms with E-state index in [1.807, 2.05) is 6.92 Å². The summed E-state index contributed by atoms with van der Waals surface area (Å²) in [6, 6.07) is 8.55. The van der Waals surface area contributed by atoms with E-state index in [9.17, 15) is 0 Å². The lowest BCUT2D eigenvalue weighted by Crippen LogP contribution is -2.39. The third-order valence-electron chi connectivity index (χ3n) is 3.65. The Kier molecular flexibility index (Phi) is 9.47. The lowest BCUT2D eigenvalue weighted by molar-refractivity contribution is 0.134. The molecule has 0 radical (unpaired) electrons. The van der Waals surface area contributed by atoms with Crippen LogP contribution in [0, 0.1) is 0 Å². The number of rotatable bonds is 6. The number of nitrogens with zero attached hydrogens (tertiary/aromatic N) is 2. The van der Waals surface area contributed by atoms with Gasteiger partial charge in [0, 0.05) is 26.2 Å². The SMILES string of the molecule is CCNC(=NCc1ccc(COCC)cc1)N1CCCC1.I. The van der Waals surface area contributed by atoms with Crippen LogP contribution in [0.5, 0.6) is 0 Å². The summed E-state index contributed by atoms with van der Waals surface area (Å²) in [7, 11) is 0. The first-order valence-electron chi connectivity index (χ1n) is 8.02. The Hall–Kier alpha value is -0.820. The number of halogens is 1. The average molecular weight is 417 g/mol. The third kappa shape index (κ3) is 6.12. The summed E-state index contributed by atoms with van der Waals surface area (Å²) in [4.78, 5) is 7.11. The van der Waals surface area contributed by atoms with Crippen molar-refractivity contribution in [3.8, 4) is 0 Å². The Bertz CT molecular complexity index is 442. The molecule has 0 unspecified atom stereocenters. The van der Waals surface area contributed by atoms with E-state index in [2.05, 4.69) is 41.4 Å². The van der Waals surface area contributed by atoms with Gasteiger partial charge in [0.2, 0.25) is 0 Å². The molecule has 1 aromatic rings. The van der Waals surface area contributed by atoms with Crippen LogP contribution in [-0.4, -0.2) is 37.1 Å². The van der Waals surface area contributed by atoms with E-state index < -0.39 is 0 Å². The van der Waals surface area contributed by atoms with Crippen molar-refractivity contribution in [3.63, 3.8) is 0 Å². The molecule has 0 aromatic heterocycles. The van der Waals surface area contributed by atoms with Gasteiger partial charge >= 0.3 is 0 Å². The molecule has 124 valence electrons. The summed E-state index contributed by atoms with van der Waals surface area (Å²) in [6.07, 6.45) is 2.55. The molecule has 1 aliphatic rings. The van der Waals surface area contributed by atoms with Crippen LogP contribution in [0.2, 0.25) is 0 Å². The normalized spacial score (nSPS) is 14.8. The van der Waals surface area contributed by atoms with E-state index >= 15 is 0 Å². The molecule has 1 aromatic carbocycles. The van der Waals surface area contributed by atoms with Gasteiger partial charge in [-0.1, -0.05) is 24.3 Å². The zero-order chi connectivity index (χ0) is 14.9. The van der Waals surface area contributed by atoms with Crippen molar-refractivity contribution >= 4 is 29.9 Å². The summed E-state index contributed by atoms with van der Waals surface area (Å²) in [5.41, 5.74) is 2.46. The largest absolute Gasteiger partial charge is 0.377 e. The Morgan fingerprint density at radius 3 is 2.36 bits per heavy atom. The van der Waals surface area contributed by atoms with Crippen LogP contribution >= 0.6 is 24.0 Å². The van der Waals surface area contributed by atoms with Crippen molar-refractivity contribution in [1.29, 1.82) is 0 Å². The van der Waals surface area contributed by atoms with Gasteiger partial charge in [-0.05, 0) is 37.8 Å². The lowest BCUT2D eigenvalue weighted by atomic mass is 10.1. The topological polar surface area (TPSA) is 36.9 Å². The van der Waals surface area contributed by atoms with Gasteiger partial charge < -0.3 is 15.0 Å². The summed E-state index contributed by atoms with van der Waals surface area (Å²) in [6.45, 7) is 9.48. The Morgan fingerprint density at radius 2 is 1.77 bits per heavy atom. The van der Waals surface area contributed by atoms with Crippen molar-refractivity contribution < 1.29 is 4.74 Å². The highest BCUT2D eigenvalue weighted by Crippen LogP contribution is 2.10. The van der Waals surface area contributed by atoms with E-state index in [1.165, 1.54) is 24.0 Å². The quantitative estimate of drug-likeness (QED) is 0.438. The number of hydrogen-bond donors (Lipinski definition) is 1. The molecular weight excluding hydrogens is 389 g/mol. The van der Waals surface area contributed by atoms with Crippen molar-refractivity contribution in [3.05, 3.63) is 35.4 Å². The van der Waals surface area contributed by atoms with Gasteiger partial charge in [0.15, 0.2) is 5.96 Å². The first-order valence-corrected chi connectivity index (χ1v) is 8.02. The van der Waals surface area contributed by atoms with E-state index in [1.54, 1.807) is 0 Å². The Morgan fingerprint density at radius 1 is 1.14 bits per heavy atom. The monoisotopic (exact) mass is 417 g/mol. The van der Waals surface area contributed by atoms with Crippen molar-refractivity contribution in [2.45, 2.75) is 39.8 Å². The van der Waals surface area contributed by atoms with Crippen LogP contribution in [-0.2, 0) is 17.9 Å². The fraction of sp³-hybridized carbons (Fsp3) is 0.588. The van der Waals surface area contributed by atoms with Crippen LogP contribution in [0.4, 0.5) is 0 Å². The predicted octanol–water partition coefficient (Wildman–Crippen LogP) is 3.40. The van der Waals surface area contributed by atoms with Crippen LogP contribution in [0.3, 0.4) is 0 Å². The van der Waals surface area contributed by atoms with Gasteiger partial charge in [0.05, 0.1) is 13.2 Å². The summed E-state index contributed by atoms with van der Waals surface area (Å²) < 4.78 is 5.41. The van der Waals surface area contributed by atoms with Gasteiger partial charge in [-0.25, -0.2) is 4.99 Å². The molecule has 1 heterocycles. The molecule has 4 nitrogen and oxygen atoms in total. The molecule has 0 spiro atoms. The van der Waals surface area contributed by atoms with E-state index in [0.29, 0.717) is 6.61 Å². The molecule has 1 fully saturated rings. The summed E-state index contributed by atoms with van der Waals surface area (Å²) in [5.74, 6) is 1.05. The fourth-order valence-corrected chi connectivity index (χ4v) is 2.48. The predicted molar refractivity (Wildman–Crippen MR) is 103 cm³/mol. The number of guanidine groups is 1. The second-order valence-electron chi connectivity index (χ2n) is 5.32. The third-order valence-corrected chi connectivity index (χ3v) is 3.65. The molecular formula is C17H28IN3O. The van der Waals surface area contributed by atoms with Gasteiger partial charge in [-0.15, -0.1) is 24.0 Å². The molecule has 1 N–H and O–H groups in total. The van der Waals surface area contributed by atoms with Crippen LogP contribution < -0.4 is 5.32 Å². The zero-order valence-corrected chi connectivity index (χ0v) is 16.0. The van der Waals surface area contributed by atoms with Gasteiger partial charge in [-0.2, -0.15) is 0 Å². The molecule has 0 atom stereocenters. The standard InChI is InChI=1S/C17H27N3O.HI/c1-3-18-17(20-11-5-6-12-20)19-13-15-7-9-16(10-8-15)14-21-4-2;/h7-10H,3-6,11-14H2,1-2H3,(H,18,19);1H. The van der Waals surface area contributed by atoms with E-state index in [4.69, 9.17) is 9.73 Å². The van der Waals surface area contributed by atoms with Crippen LogP contribution in [0.25, 0.3) is 0 Å². The highest BCUT2D eigenvalue weighted by atomic mass is 127. The molecule has 5 heteroatoms. The molecule has 0 amide bonds. The number of aliphatic imine (C=N–C) groups is 1. The molecule has 0 aliphatic carbocycles. The van der Waals surface area contributed by atoms with Gasteiger partial charge in [-0.3, -0.25) is 0 Å². The van der Waals surface area contributed by atoms with E-state index in [0.717, 1.165) is 38.7 Å². The first kappa shape index (κ1) is 19.2. The summed E-state index contributed by atoms with van der Waals surface area (Å²) >= 11 is 0. The fourth-order valence-electron chi connectivity index (χ4n) is 2.48. The van der Waals surface area contributed by atoms with Crippen molar-refractivity contribution in [1.82, 2.24) is 10.2 Å². The second kappa shape index (κ2) is 10.8. The zero-order valence-electron chi connectivity index (χ0n) is 13.7. The maximum atomic E-state index is 5.41. The lowest BCUT2D eigenvalue weighted by Gasteiger charge is -2.20. The van der Waals surface area contributed by atoms with Gasteiger partial charge in [0.25, 0.3) is 0 Å². The summed E-state index contributed by atoms with van der Waals surface area (Å²) in [5, 5.41) is 3.39. The molecule has 0 saturated carbocycles. The molecule has 0 bridgehead atoms. The average Bonchev–Trinajstić information content (AvgIpc) is 3.04. The maximum absolute atomic E-state index is 5.41. The molecule has 2 rings (SSSR count). The van der Waals surface area contributed by atoms with Gasteiger partial charge in [0.1, 0.15) is 0 Å². The number of ether oxygens (including phenoxy) is 1. The number of benzene rings is 1. The molecule has 1 saturated heterocycles. The number of likely N-dealkylation sites (tertiary alicyclic amines) is 1. The first-order chi connectivity index (χ1) is 10.3. The minimum absolute atomic E-state index is 0. The second-order valence-corrected chi connectivity index (χ2v) is 5.32. The minimum Gasteiger partial charge on any atom is -0.377 e. The van der Waals surface area contributed by atoms with Crippen molar-refractivity contribution in [2.75, 3.05) is 26.2 Å². The highest BCUT2D eigenvalue weighted by Gasteiger charge is 2.15. The highest BCUT2D eigenvalue weighted by molar-refractivity contribution is 14.0. The maximum Gasteiger partial charge on any atom is 0.194 e. The smallest absolute Gasteiger partial charge is 0.194 e. The Labute approximate surface area is 151 Å². The number of nitrogens with one attached hydrogen (secondary N) is 1. The minimum atomic E-state index is 0. The Balaban J connectivity index is 0.00000242. The number of hydrogen-bond acceptors (Lipinski definition) is 2. The van der Waals surface area contributed by atoms with E-state index in [-0.39, 0.29) is 24.0 Å². The molecule has 1 aliphatic heterocycles. The van der Waals surface area contributed by atoms with Crippen LogP contribution in [0.15, 0.2) is 29.3 Å².